The van der Waals surface area contributed by atoms with Crippen molar-refractivity contribution in [2.45, 2.75) is 0 Å². The molecule has 0 radical (unpaired) electrons. The summed E-state index contributed by atoms with van der Waals surface area (Å²) in [5, 5.41) is 0. The van der Waals surface area contributed by atoms with Crippen LogP contribution in [-0.4, -0.2) is 30.3 Å². The maximum absolute atomic E-state index is 11.6. The van der Waals surface area contributed by atoms with Gasteiger partial charge in [0.05, 0.1) is 0 Å². The largest absolute Gasteiger partial charge is 0.382 e. The maximum atomic E-state index is 11.6. The number of nitrogen functional groups attached to an aromatic ring is 2. The maximum Gasteiger partial charge on any atom is 0.280 e. The number of hydrogen-bond acceptors (Lipinski definition) is 6. The minimum absolute atomic E-state index is 0.00686. The first-order valence-corrected chi connectivity index (χ1v) is 5.94. The van der Waals surface area contributed by atoms with Gasteiger partial charge in [0.25, 0.3) is 5.56 Å². The Morgan fingerprint density at radius 3 is 2.45 bits per heavy atom. The molecule has 0 fully saturated rings. The van der Waals surface area contributed by atoms with Crippen LogP contribution in [0.4, 0.5) is 23.1 Å². The van der Waals surface area contributed by atoms with E-state index < -0.39 is 5.56 Å². The molecule has 7 heteroatoms. The molecule has 5 N–H and O–H groups in total. The summed E-state index contributed by atoms with van der Waals surface area (Å²) in [5.74, 6) is -0.0193. The van der Waals surface area contributed by atoms with Gasteiger partial charge in [-0.3, -0.25) is 9.78 Å². The first-order valence-electron chi connectivity index (χ1n) is 5.94. The van der Waals surface area contributed by atoms with Gasteiger partial charge in [-0.1, -0.05) is 12.1 Å². The monoisotopic (exact) mass is 272 g/mol. The lowest BCUT2D eigenvalue weighted by Crippen LogP contribution is -2.13. The van der Waals surface area contributed by atoms with Crippen LogP contribution in [0.1, 0.15) is 5.56 Å². The molecule has 1 aromatic carbocycles. The number of rotatable bonds is 3. The van der Waals surface area contributed by atoms with E-state index in [1.807, 2.05) is 43.3 Å². The Morgan fingerprint density at radius 1 is 1.25 bits per heavy atom. The van der Waals surface area contributed by atoms with E-state index in [2.05, 4.69) is 15.0 Å². The standard InChI is InChI=1S/C13H16N6O/c1-19(2)9-5-3-8(4-6-9)7-16-10-11(14)17-13(15)18-12(10)20/h3-7H,1-2H3,(H5,14,15,17,18,20). The minimum Gasteiger partial charge on any atom is -0.382 e. The Bertz CT molecular complexity index is 687. The summed E-state index contributed by atoms with van der Waals surface area (Å²) < 4.78 is 0. The van der Waals surface area contributed by atoms with Gasteiger partial charge < -0.3 is 16.4 Å². The number of nitrogens with zero attached hydrogens (tertiary/aromatic N) is 3. The van der Waals surface area contributed by atoms with Crippen molar-refractivity contribution in [1.82, 2.24) is 9.97 Å². The van der Waals surface area contributed by atoms with Crippen LogP contribution in [-0.2, 0) is 0 Å². The molecule has 0 atom stereocenters. The van der Waals surface area contributed by atoms with Crippen molar-refractivity contribution in [3.05, 3.63) is 40.2 Å². The molecule has 0 saturated carbocycles. The zero-order valence-corrected chi connectivity index (χ0v) is 11.3. The summed E-state index contributed by atoms with van der Waals surface area (Å²) >= 11 is 0. The van der Waals surface area contributed by atoms with Gasteiger partial charge in [0.15, 0.2) is 11.5 Å². The lowest BCUT2D eigenvalue weighted by atomic mass is 10.2. The molecule has 0 spiro atoms. The van der Waals surface area contributed by atoms with Crippen molar-refractivity contribution in [3.8, 4) is 0 Å². The number of nitrogens with one attached hydrogen (secondary N) is 1. The molecule has 0 bridgehead atoms. The molecular formula is C13H16N6O. The number of aliphatic imine (C=N–C) groups is 1. The fourth-order valence-corrected chi connectivity index (χ4v) is 1.62. The Morgan fingerprint density at radius 2 is 1.90 bits per heavy atom. The smallest absolute Gasteiger partial charge is 0.280 e. The van der Waals surface area contributed by atoms with E-state index in [0.717, 1.165) is 11.3 Å². The van der Waals surface area contributed by atoms with E-state index >= 15 is 0 Å². The summed E-state index contributed by atoms with van der Waals surface area (Å²) in [6.07, 6.45) is 1.55. The highest BCUT2D eigenvalue weighted by molar-refractivity contribution is 5.83. The van der Waals surface area contributed by atoms with Crippen LogP contribution in [0.3, 0.4) is 0 Å². The van der Waals surface area contributed by atoms with Crippen LogP contribution in [0.15, 0.2) is 34.1 Å². The highest BCUT2D eigenvalue weighted by Gasteiger charge is 2.05. The Kier molecular flexibility index (Phi) is 3.69. The lowest BCUT2D eigenvalue weighted by Gasteiger charge is -2.11. The molecule has 0 unspecified atom stereocenters. The van der Waals surface area contributed by atoms with Gasteiger partial charge in [-0.05, 0) is 17.7 Å². The van der Waals surface area contributed by atoms with Crippen molar-refractivity contribution in [3.63, 3.8) is 0 Å². The summed E-state index contributed by atoms with van der Waals surface area (Å²) in [5.41, 5.74) is 12.5. The predicted molar refractivity (Wildman–Crippen MR) is 81.7 cm³/mol. The molecule has 104 valence electrons. The number of aromatic amines is 1. The van der Waals surface area contributed by atoms with E-state index in [0.29, 0.717) is 0 Å². The Hall–Kier alpha value is -2.83. The third kappa shape index (κ3) is 2.94. The molecule has 1 heterocycles. The summed E-state index contributed by atoms with van der Waals surface area (Å²) in [6.45, 7) is 0. The number of benzene rings is 1. The second kappa shape index (κ2) is 5.43. The first-order chi connectivity index (χ1) is 9.47. The molecule has 2 aromatic rings. The number of aromatic nitrogens is 2. The van der Waals surface area contributed by atoms with Crippen LogP contribution in [0, 0.1) is 0 Å². The molecule has 7 nitrogen and oxygen atoms in total. The van der Waals surface area contributed by atoms with Gasteiger partial charge in [0.1, 0.15) is 0 Å². The molecule has 1 aromatic heterocycles. The average molecular weight is 272 g/mol. The lowest BCUT2D eigenvalue weighted by molar-refractivity contribution is 1.13. The van der Waals surface area contributed by atoms with Crippen LogP contribution in [0.5, 0.6) is 0 Å². The molecule has 0 amide bonds. The molecule has 0 saturated heterocycles. The highest BCUT2D eigenvalue weighted by Crippen LogP contribution is 2.15. The van der Waals surface area contributed by atoms with Crippen LogP contribution >= 0.6 is 0 Å². The van der Waals surface area contributed by atoms with Crippen LogP contribution < -0.4 is 21.9 Å². The van der Waals surface area contributed by atoms with E-state index in [4.69, 9.17) is 11.5 Å². The van der Waals surface area contributed by atoms with Gasteiger partial charge in [-0.25, -0.2) is 4.99 Å². The normalized spacial score (nSPS) is 10.9. The second-order valence-electron chi connectivity index (χ2n) is 4.43. The second-order valence-corrected chi connectivity index (χ2v) is 4.43. The Balaban J connectivity index is 2.28. The number of hydrogen-bond donors (Lipinski definition) is 3. The van der Waals surface area contributed by atoms with E-state index in [9.17, 15) is 4.79 Å². The van der Waals surface area contributed by atoms with E-state index in [1.165, 1.54) is 0 Å². The van der Waals surface area contributed by atoms with Gasteiger partial charge in [-0.2, -0.15) is 4.98 Å². The summed E-state index contributed by atoms with van der Waals surface area (Å²) in [7, 11) is 3.92. The topological polar surface area (TPSA) is 113 Å². The zero-order chi connectivity index (χ0) is 14.7. The van der Waals surface area contributed by atoms with E-state index in [1.54, 1.807) is 6.21 Å². The average Bonchev–Trinajstić information content (AvgIpc) is 2.38. The number of anilines is 3. The van der Waals surface area contributed by atoms with Gasteiger partial charge >= 0.3 is 0 Å². The quantitative estimate of drug-likeness (QED) is 0.713. The SMILES string of the molecule is CN(C)c1ccc(C=Nc2c(N)nc(N)[nH]c2=O)cc1. The fraction of sp³-hybridized carbons (Fsp3) is 0.154. The minimum atomic E-state index is -0.462. The zero-order valence-electron chi connectivity index (χ0n) is 11.3. The number of nitrogens with two attached hydrogens (primary N) is 2. The predicted octanol–water partition coefficient (Wildman–Crippen LogP) is 0.751. The molecular weight excluding hydrogens is 256 g/mol. The van der Waals surface area contributed by atoms with Crippen molar-refractivity contribution < 1.29 is 0 Å². The molecule has 0 aliphatic rings. The molecule has 2 rings (SSSR count). The van der Waals surface area contributed by atoms with Gasteiger partial charge in [0, 0.05) is 26.0 Å². The van der Waals surface area contributed by atoms with Crippen molar-refractivity contribution in [1.29, 1.82) is 0 Å². The van der Waals surface area contributed by atoms with Crippen LogP contribution in [0.2, 0.25) is 0 Å². The fourth-order valence-electron chi connectivity index (χ4n) is 1.62. The van der Waals surface area contributed by atoms with Gasteiger partial charge in [-0.15, -0.1) is 0 Å². The van der Waals surface area contributed by atoms with Crippen molar-refractivity contribution in [2.24, 2.45) is 4.99 Å². The first kappa shape index (κ1) is 13.6. The third-order valence-corrected chi connectivity index (χ3v) is 2.69. The highest BCUT2D eigenvalue weighted by atomic mass is 16.1. The third-order valence-electron chi connectivity index (χ3n) is 2.69. The van der Waals surface area contributed by atoms with Crippen molar-refractivity contribution in [2.75, 3.05) is 30.5 Å². The van der Waals surface area contributed by atoms with Crippen molar-refractivity contribution >= 4 is 29.4 Å². The molecule has 0 aliphatic heterocycles. The summed E-state index contributed by atoms with van der Waals surface area (Å²) in [6, 6.07) is 7.70. The number of H-pyrrole nitrogens is 1. The Labute approximate surface area is 116 Å². The van der Waals surface area contributed by atoms with Gasteiger partial charge in [0.2, 0.25) is 5.95 Å². The molecule has 0 aliphatic carbocycles. The van der Waals surface area contributed by atoms with Crippen LogP contribution in [0.25, 0.3) is 0 Å². The molecule has 20 heavy (non-hydrogen) atoms. The summed E-state index contributed by atoms with van der Waals surface area (Å²) in [4.78, 5) is 23.8. The van der Waals surface area contributed by atoms with E-state index in [-0.39, 0.29) is 17.5 Å².